The van der Waals surface area contributed by atoms with E-state index in [1.165, 1.54) is 5.56 Å². The van der Waals surface area contributed by atoms with Crippen LogP contribution in [0.25, 0.3) is 0 Å². The molecule has 2 amide bonds. The van der Waals surface area contributed by atoms with Gasteiger partial charge in [0, 0.05) is 32.8 Å². The minimum absolute atomic E-state index is 0.0203. The van der Waals surface area contributed by atoms with Crippen LogP contribution < -0.4 is 0 Å². The Hall–Kier alpha value is -2.69. The summed E-state index contributed by atoms with van der Waals surface area (Å²) in [6.07, 6.45) is 2.00. The Balaban J connectivity index is 1.58. The Kier molecular flexibility index (Phi) is 5.82. The van der Waals surface area contributed by atoms with Crippen LogP contribution in [0.4, 0.5) is 0 Å². The van der Waals surface area contributed by atoms with Gasteiger partial charge in [0.2, 0.25) is 11.8 Å². The van der Waals surface area contributed by atoms with E-state index in [1.807, 2.05) is 25.2 Å². The number of rotatable bonds is 5. The lowest BCUT2D eigenvalue weighted by molar-refractivity contribution is -0.135. The molecular formula is C23H29N3O2. The largest absolute Gasteiger partial charge is 0.341 e. The van der Waals surface area contributed by atoms with Crippen molar-refractivity contribution in [2.24, 2.45) is 5.92 Å². The quantitative estimate of drug-likeness (QED) is 0.800. The molecule has 1 unspecified atom stereocenters. The highest BCUT2D eigenvalue weighted by atomic mass is 16.2. The monoisotopic (exact) mass is 379 g/mol. The molecular weight excluding hydrogens is 350 g/mol. The Morgan fingerprint density at radius 1 is 1.18 bits per heavy atom. The second-order valence-corrected chi connectivity index (χ2v) is 8.64. The average Bonchev–Trinajstić information content (AvgIpc) is 3.02. The van der Waals surface area contributed by atoms with Gasteiger partial charge in [-0.25, -0.2) is 0 Å². The Morgan fingerprint density at radius 2 is 1.89 bits per heavy atom. The van der Waals surface area contributed by atoms with Gasteiger partial charge >= 0.3 is 0 Å². The van der Waals surface area contributed by atoms with Crippen LogP contribution in [0.5, 0.6) is 0 Å². The summed E-state index contributed by atoms with van der Waals surface area (Å²) >= 11 is 0. The molecule has 0 radical (unpaired) electrons. The first-order valence-corrected chi connectivity index (χ1v) is 9.76. The summed E-state index contributed by atoms with van der Waals surface area (Å²) in [5.74, 6) is -0.237. The fraction of sp³-hybridized carbons (Fsp3) is 0.435. The fourth-order valence-corrected chi connectivity index (χ4v) is 3.55. The maximum Gasteiger partial charge on any atom is 0.228 e. The van der Waals surface area contributed by atoms with E-state index in [0.29, 0.717) is 19.6 Å². The molecule has 1 aromatic heterocycles. The Bertz CT molecular complexity index is 825. The summed E-state index contributed by atoms with van der Waals surface area (Å²) in [7, 11) is 1.81. The molecule has 1 fully saturated rings. The van der Waals surface area contributed by atoms with Gasteiger partial charge in [-0.15, -0.1) is 0 Å². The van der Waals surface area contributed by atoms with Crippen molar-refractivity contribution in [1.29, 1.82) is 0 Å². The van der Waals surface area contributed by atoms with Crippen molar-refractivity contribution in [1.82, 2.24) is 14.8 Å². The highest BCUT2D eigenvalue weighted by Crippen LogP contribution is 2.24. The maximum atomic E-state index is 12.9. The van der Waals surface area contributed by atoms with Crippen LogP contribution in [0, 0.1) is 5.92 Å². The molecule has 0 aliphatic carbocycles. The lowest BCUT2D eigenvalue weighted by Gasteiger charge is -2.23. The number of carbonyl (C=O) groups is 2. The maximum absolute atomic E-state index is 12.9. The van der Waals surface area contributed by atoms with Crippen LogP contribution in [0.3, 0.4) is 0 Å². The predicted octanol–water partition coefficient (Wildman–Crippen LogP) is 3.39. The minimum atomic E-state index is -0.282. The van der Waals surface area contributed by atoms with Crippen molar-refractivity contribution in [3.63, 3.8) is 0 Å². The molecule has 28 heavy (non-hydrogen) atoms. The molecule has 1 aliphatic rings. The van der Waals surface area contributed by atoms with Crippen LogP contribution in [-0.4, -0.2) is 40.2 Å². The van der Waals surface area contributed by atoms with E-state index < -0.39 is 0 Å². The SMILES string of the molecule is CN(Cc1ccc(C(C)(C)C)cc1)C(=O)C1CC(=O)N(Cc2ccccn2)C1. The van der Waals surface area contributed by atoms with Crippen molar-refractivity contribution in [3.8, 4) is 0 Å². The minimum Gasteiger partial charge on any atom is -0.341 e. The third-order valence-electron chi connectivity index (χ3n) is 5.26. The standard InChI is InChI=1S/C23H29N3O2/c1-23(2,3)19-10-8-17(9-11-19)14-25(4)22(28)18-13-21(27)26(15-18)16-20-7-5-6-12-24-20/h5-12,18H,13-16H2,1-4H3. The smallest absolute Gasteiger partial charge is 0.228 e. The van der Waals surface area contributed by atoms with Gasteiger partial charge in [-0.3, -0.25) is 14.6 Å². The van der Waals surface area contributed by atoms with Crippen molar-refractivity contribution < 1.29 is 9.59 Å². The van der Waals surface area contributed by atoms with Crippen molar-refractivity contribution in [2.45, 2.75) is 45.7 Å². The lowest BCUT2D eigenvalue weighted by atomic mass is 9.87. The Morgan fingerprint density at radius 3 is 2.50 bits per heavy atom. The first kappa shape index (κ1) is 20.1. The van der Waals surface area contributed by atoms with E-state index in [0.717, 1.165) is 11.3 Å². The summed E-state index contributed by atoms with van der Waals surface area (Å²) in [5.41, 5.74) is 3.33. The molecule has 1 aromatic carbocycles. The van der Waals surface area contributed by atoms with Crippen molar-refractivity contribution in [2.75, 3.05) is 13.6 Å². The van der Waals surface area contributed by atoms with E-state index >= 15 is 0 Å². The van der Waals surface area contributed by atoms with Crippen molar-refractivity contribution in [3.05, 3.63) is 65.5 Å². The van der Waals surface area contributed by atoms with E-state index in [4.69, 9.17) is 0 Å². The molecule has 1 saturated heterocycles. The average molecular weight is 380 g/mol. The first-order valence-electron chi connectivity index (χ1n) is 9.76. The van der Waals surface area contributed by atoms with Crippen LogP contribution in [0.2, 0.25) is 0 Å². The molecule has 1 atom stereocenters. The number of nitrogens with zero attached hydrogens (tertiary/aromatic N) is 3. The summed E-state index contributed by atoms with van der Waals surface area (Å²) in [6.45, 7) is 8.03. The topological polar surface area (TPSA) is 53.5 Å². The first-order chi connectivity index (χ1) is 13.2. The molecule has 3 rings (SSSR count). The molecule has 0 N–H and O–H groups in total. The number of aromatic nitrogens is 1. The normalized spacial score (nSPS) is 17.1. The molecule has 5 heteroatoms. The summed E-state index contributed by atoms with van der Waals surface area (Å²) in [4.78, 5) is 32.9. The van der Waals surface area contributed by atoms with Gasteiger partial charge in [0.1, 0.15) is 0 Å². The van der Waals surface area contributed by atoms with E-state index in [1.54, 1.807) is 16.0 Å². The molecule has 0 saturated carbocycles. The highest BCUT2D eigenvalue weighted by molar-refractivity contribution is 5.89. The zero-order chi connectivity index (χ0) is 20.3. The Labute approximate surface area is 167 Å². The number of likely N-dealkylation sites (tertiary alicyclic amines) is 1. The van der Waals surface area contributed by atoms with Gasteiger partial charge in [0.25, 0.3) is 0 Å². The van der Waals surface area contributed by atoms with Gasteiger partial charge in [-0.2, -0.15) is 0 Å². The second-order valence-electron chi connectivity index (χ2n) is 8.64. The van der Waals surface area contributed by atoms with Crippen LogP contribution >= 0.6 is 0 Å². The van der Waals surface area contributed by atoms with Crippen LogP contribution in [0.15, 0.2) is 48.7 Å². The van der Waals surface area contributed by atoms with E-state index in [9.17, 15) is 9.59 Å². The van der Waals surface area contributed by atoms with Gasteiger partial charge in [-0.05, 0) is 28.7 Å². The van der Waals surface area contributed by atoms with Gasteiger partial charge in [0.05, 0.1) is 18.2 Å². The zero-order valence-corrected chi connectivity index (χ0v) is 17.2. The van der Waals surface area contributed by atoms with Crippen LogP contribution in [-0.2, 0) is 28.1 Å². The molecule has 1 aliphatic heterocycles. The zero-order valence-electron chi connectivity index (χ0n) is 17.2. The van der Waals surface area contributed by atoms with Gasteiger partial charge < -0.3 is 9.80 Å². The third kappa shape index (κ3) is 4.77. The van der Waals surface area contributed by atoms with Crippen LogP contribution in [0.1, 0.15) is 44.0 Å². The highest BCUT2D eigenvalue weighted by Gasteiger charge is 2.35. The van der Waals surface area contributed by atoms with Gasteiger partial charge in [0.15, 0.2) is 0 Å². The molecule has 0 spiro atoms. The lowest BCUT2D eigenvalue weighted by Crippen LogP contribution is -2.34. The molecule has 5 nitrogen and oxygen atoms in total. The van der Waals surface area contributed by atoms with Crippen molar-refractivity contribution >= 4 is 11.8 Å². The number of pyridine rings is 1. The summed E-state index contributed by atoms with van der Waals surface area (Å²) in [6, 6.07) is 14.1. The van der Waals surface area contributed by atoms with Gasteiger partial charge in [-0.1, -0.05) is 51.1 Å². The number of hydrogen-bond donors (Lipinski definition) is 0. The van der Waals surface area contributed by atoms with E-state index in [-0.39, 0.29) is 29.6 Å². The molecule has 2 aromatic rings. The number of hydrogen-bond acceptors (Lipinski definition) is 3. The summed E-state index contributed by atoms with van der Waals surface area (Å²) in [5, 5.41) is 0. The summed E-state index contributed by atoms with van der Waals surface area (Å²) < 4.78 is 0. The number of benzene rings is 1. The number of carbonyl (C=O) groups excluding carboxylic acids is 2. The number of amides is 2. The molecule has 2 heterocycles. The molecule has 0 bridgehead atoms. The second kappa shape index (κ2) is 8.13. The third-order valence-corrected chi connectivity index (χ3v) is 5.26. The predicted molar refractivity (Wildman–Crippen MR) is 109 cm³/mol. The molecule has 148 valence electrons. The fourth-order valence-electron chi connectivity index (χ4n) is 3.55. The van der Waals surface area contributed by atoms with E-state index in [2.05, 4.69) is 50.0 Å².